The Labute approximate surface area is 35.7 Å². The monoisotopic (exact) mass is 92.0 g/mol. The van der Waals surface area contributed by atoms with Gasteiger partial charge in [0, 0.05) is 0 Å². The van der Waals surface area contributed by atoms with E-state index in [1.54, 1.807) is 0 Å². The van der Waals surface area contributed by atoms with E-state index < -0.39 is 6.67 Å². The standard InChI is InChI=1S/C3H5F.H4Si/c1-2-3-4;/h2H,1,3H2;1H4. The summed E-state index contributed by atoms with van der Waals surface area (Å²) in [5.41, 5.74) is 0. The Morgan fingerprint density at radius 3 is 2.00 bits per heavy atom. The lowest BCUT2D eigenvalue weighted by Crippen LogP contribution is -1.48. The third-order valence-corrected chi connectivity index (χ3v) is 0.109. The third-order valence-electron chi connectivity index (χ3n) is 0.109. The molecule has 0 bridgehead atoms. The van der Waals surface area contributed by atoms with Crippen LogP contribution in [0, 0.1) is 0 Å². The molecule has 0 aliphatic heterocycles. The van der Waals surface area contributed by atoms with Crippen LogP contribution in [0.25, 0.3) is 0 Å². The molecule has 0 aromatic heterocycles. The highest BCUT2D eigenvalue weighted by molar-refractivity contribution is 5.75. The molecular weight excluding hydrogens is 83.1 g/mol. The molecule has 0 heterocycles. The first-order valence-corrected chi connectivity index (χ1v) is 1.08. The maximum atomic E-state index is 10.6. The molecule has 0 aliphatic rings. The second-order valence-corrected chi connectivity index (χ2v) is 0.443. The lowest BCUT2D eigenvalue weighted by molar-refractivity contribution is 0.562. The molecule has 0 saturated heterocycles. The maximum absolute atomic E-state index is 10.6. The smallest absolute Gasteiger partial charge is 0.107 e. The number of halogens is 1. The van der Waals surface area contributed by atoms with Gasteiger partial charge in [-0.2, -0.15) is 0 Å². The molecule has 0 N–H and O–H groups in total. The van der Waals surface area contributed by atoms with Gasteiger partial charge in [0.15, 0.2) is 0 Å². The third kappa shape index (κ3) is 17.6. The predicted molar refractivity (Wildman–Crippen MR) is 27.5 cm³/mol. The van der Waals surface area contributed by atoms with E-state index in [1.165, 1.54) is 6.08 Å². The highest BCUT2D eigenvalue weighted by Crippen LogP contribution is 1.58. The molecule has 32 valence electrons. The van der Waals surface area contributed by atoms with Crippen molar-refractivity contribution >= 4 is 11.0 Å². The molecule has 5 heavy (non-hydrogen) atoms. The van der Waals surface area contributed by atoms with Crippen LogP contribution in [0.1, 0.15) is 0 Å². The van der Waals surface area contributed by atoms with Crippen LogP contribution < -0.4 is 0 Å². The van der Waals surface area contributed by atoms with Gasteiger partial charge in [-0.15, -0.1) is 6.58 Å². The SMILES string of the molecule is C=CCF.[SiH4]. The molecule has 0 rings (SSSR count). The van der Waals surface area contributed by atoms with Gasteiger partial charge in [-0.3, -0.25) is 0 Å². The van der Waals surface area contributed by atoms with Gasteiger partial charge in [0.05, 0.1) is 0 Å². The van der Waals surface area contributed by atoms with E-state index >= 15 is 0 Å². The number of hydrogen-bond donors (Lipinski definition) is 0. The molecule has 0 radical (unpaired) electrons. The highest BCUT2D eigenvalue weighted by atomic mass is 28.1. The van der Waals surface area contributed by atoms with Crippen LogP contribution in [-0.4, -0.2) is 17.6 Å². The Morgan fingerprint density at radius 2 is 2.00 bits per heavy atom. The van der Waals surface area contributed by atoms with Crippen LogP contribution in [0.2, 0.25) is 0 Å². The van der Waals surface area contributed by atoms with Gasteiger partial charge in [0.1, 0.15) is 6.67 Å². The van der Waals surface area contributed by atoms with Gasteiger partial charge >= 0.3 is 0 Å². The maximum Gasteiger partial charge on any atom is 0.107 e. The minimum absolute atomic E-state index is 0. The van der Waals surface area contributed by atoms with E-state index in [0.29, 0.717) is 0 Å². The van der Waals surface area contributed by atoms with Crippen LogP contribution in [0.4, 0.5) is 4.39 Å². The molecule has 0 unspecified atom stereocenters. The summed E-state index contributed by atoms with van der Waals surface area (Å²) in [7, 11) is 0. The molecule has 2 heteroatoms. The second kappa shape index (κ2) is 9.10. The van der Waals surface area contributed by atoms with Crippen LogP contribution in [-0.2, 0) is 0 Å². The molecule has 0 aliphatic carbocycles. The van der Waals surface area contributed by atoms with Gasteiger partial charge in [-0.1, -0.05) is 6.08 Å². The summed E-state index contributed by atoms with van der Waals surface area (Å²) in [6, 6.07) is 0. The Morgan fingerprint density at radius 1 is 1.80 bits per heavy atom. The second-order valence-electron chi connectivity index (χ2n) is 0.443. The topological polar surface area (TPSA) is 0 Å². The van der Waals surface area contributed by atoms with Crippen molar-refractivity contribution in [3.63, 3.8) is 0 Å². The number of allylic oxidation sites excluding steroid dienone is 1. The fourth-order valence-corrected chi connectivity index (χ4v) is 0. The van der Waals surface area contributed by atoms with Crippen LogP contribution in [0.5, 0.6) is 0 Å². The first-order chi connectivity index (χ1) is 1.91. The van der Waals surface area contributed by atoms with Crippen LogP contribution >= 0.6 is 0 Å². The van der Waals surface area contributed by atoms with Gasteiger partial charge in [0.25, 0.3) is 0 Å². The van der Waals surface area contributed by atoms with E-state index in [1.807, 2.05) is 0 Å². The predicted octanol–water partition coefficient (Wildman–Crippen LogP) is -0.310. The van der Waals surface area contributed by atoms with Gasteiger partial charge in [0.2, 0.25) is 0 Å². The molecule has 0 saturated carbocycles. The van der Waals surface area contributed by atoms with E-state index in [0.717, 1.165) is 0 Å². The Balaban J connectivity index is 0. The summed E-state index contributed by atoms with van der Waals surface area (Å²) < 4.78 is 10.6. The van der Waals surface area contributed by atoms with Crippen molar-refractivity contribution in [3.8, 4) is 0 Å². The summed E-state index contributed by atoms with van der Waals surface area (Å²) in [5.74, 6) is 0. The largest absolute Gasteiger partial charge is 0.247 e. The first-order valence-electron chi connectivity index (χ1n) is 1.08. The van der Waals surface area contributed by atoms with Gasteiger partial charge in [-0.05, 0) is 11.0 Å². The molecule has 0 nitrogen and oxygen atoms in total. The Bertz CT molecular complexity index is 20.9. The summed E-state index contributed by atoms with van der Waals surface area (Å²) in [5, 5.41) is 0. The van der Waals surface area contributed by atoms with Crippen LogP contribution in [0.15, 0.2) is 12.7 Å². The Kier molecular flexibility index (Phi) is 16.1. The first kappa shape index (κ1) is 8.86. The van der Waals surface area contributed by atoms with E-state index in [2.05, 4.69) is 6.58 Å². The summed E-state index contributed by atoms with van der Waals surface area (Å²) >= 11 is 0. The fourth-order valence-electron chi connectivity index (χ4n) is 0. The summed E-state index contributed by atoms with van der Waals surface area (Å²) in [6.45, 7) is 2.69. The van der Waals surface area contributed by atoms with E-state index in [-0.39, 0.29) is 11.0 Å². The summed E-state index contributed by atoms with van der Waals surface area (Å²) in [4.78, 5) is 0. The lowest BCUT2D eigenvalue weighted by Gasteiger charge is -1.54. The number of hydrogen-bond acceptors (Lipinski definition) is 0. The molecular formula is C3H9FSi. The molecule has 0 spiro atoms. The zero-order valence-electron chi connectivity index (χ0n) is 2.37. The Hall–Kier alpha value is -0.113. The van der Waals surface area contributed by atoms with E-state index in [4.69, 9.17) is 0 Å². The van der Waals surface area contributed by atoms with Crippen molar-refractivity contribution in [2.45, 2.75) is 0 Å². The van der Waals surface area contributed by atoms with Crippen molar-refractivity contribution in [1.82, 2.24) is 0 Å². The molecule has 0 amide bonds. The van der Waals surface area contributed by atoms with Crippen molar-refractivity contribution in [2.75, 3.05) is 6.67 Å². The van der Waals surface area contributed by atoms with Gasteiger partial charge in [-0.25, -0.2) is 4.39 Å². The van der Waals surface area contributed by atoms with Crippen molar-refractivity contribution in [3.05, 3.63) is 12.7 Å². The van der Waals surface area contributed by atoms with Crippen LogP contribution in [0.3, 0.4) is 0 Å². The minimum atomic E-state index is -0.417. The highest BCUT2D eigenvalue weighted by Gasteiger charge is 1.49. The zero-order chi connectivity index (χ0) is 3.41. The summed E-state index contributed by atoms with van der Waals surface area (Å²) in [6.07, 6.45) is 1.21. The van der Waals surface area contributed by atoms with E-state index in [9.17, 15) is 4.39 Å². The molecule has 0 aromatic carbocycles. The quantitative estimate of drug-likeness (QED) is 0.307. The zero-order valence-corrected chi connectivity index (χ0v) is 2.37. The van der Waals surface area contributed by atoms with Crippen molar-refractivity contribution in [2.24, 2.45) is 0 Å². The van der Waals surface area contributed by atoms with Crippen molar-refractivity contribution in [1.29, 1.82) is 0 Å². The number of alkyl halides is 1. The molecule has 0 aromatic rings. The van der Waals surface area contributed by atoms with Gasteiger partial charge < -0.3 is 0 Å². The van der Waals surface area contributed by atoms with Crippen molar-refractivity contribution < 1.29 is 4.39 Å². The fraction of sp³-hybridized carbons (Fsp3) is 0.333. The lowest BCUT2D eigenvalue weighted by atomic mass is 10.7. The normalized spacial score (nSPS) is 5.00. The molecule has 0 atom stereocenters. The average molecular weight is 92.2 g/mol. The average Bonchev–Trinajstić information content (AvgIpc) is 1.37. The minimum Gasteiger partial charge on any atom is -0.247 e. The number of rotatable bonds is 1. The molecule has 0 fully saturated rings.